The van der Waals surface area contributed by atoms with Crippen molar-refractivity contribution in [2.45, 2.75) is 25.7 Å². The topological polar surface area (TPSA) is 75.6 Å². The Morgan fingerprint density at radius 1 is 1.17 bits per heavy atom. The van der Waals surface area contributed by atoms with E-state index in [1.165, 1.54) is 0 Å². The first kappa shape index (κ1) is 17.5. The van der Waals surface area contributed by atoms with Gasteiger partial charge >= 0.3 is 5.97 Å². The normalized spacial score (nSPS) is 11.6. The fourth-order valence-corrected chi connectivity index (χ4v) is 2.34. The molecule has 2 N–H and O–H groups in total. The van der Waals surface area contributed by atoms with Crippen LogP contribution in [0.5, 0.6) is 5.75 Å². The molecule has 24 heavy (non-hydrogen) atoms. The number of carboxylic acids is 1. The van der Waals surface area contributed by atoms with Gasteiger partial charge in [-0.2, -0.15) is 0 Å². The van der Waals surface area contributed by atoms with E-state index >= 15 is 0 Å². The van der Waals surface area contributed by atoms with Gasteiger partial charge in [0.1, 0.15) is 5.75 Å². The van der Waals surface area contributed by atoms with Gasteiger partial charge in [-0.3, -0.25) is 9.59 Å². The number of carboxylic acid groups (broad SMARTS) is 1. The largest absolute Gasteiger partial charge is 0.497 e. The monoisotopic (exact) mass is 327 g/mol. The van der Waals surface area contributed by atoms with Crippen molar-refractivity contribution in [2.75, 3.05) is 12.4 Å². The summed E-state index contributed by atoms with van der Waals surface area (Å²) in [5.41, 5.74) is 2.29. The maximum atomic E-state index is 12.1. The third kappa shape index (κ3) is 4.84. The van der Waals surface area contributed by atoms with Crippen LogP contribution in [0.3, 0.4) is 0 Å². The smallest absolute Gasteiger partial charge is 0.310 e. The highest BCUT2D eigenvalue weighted by Crippen LogP contribution is 2.20. The Morgan fingerprint density at radius 3 is 2.62 bits per heavy atom. The summed E-state index contributed by atoms with van der Waals surface area (Å²) in [6, 6.07) is 14.5. The minimum absolute atomic E-state index is 0.113. The summed E-state index contributed by atoms with van der Waals surface area (Å²) in [5.74, 6) is -0.851. The molecule has 0 saturated carbocycles. The maximum absolute atomic E-state index is 12.1. The first-order valence-corrected chi connectivity index (χ1v) is 7.75. The van der Waals surface area contributed by atoms with Crippen LogP contribution in [-0.2, 0) is 16.0 Å². The van der Waals surface area contributed by atoms with Crippen LogP contribution >= 0.6 is 0 Å². The average molecular weight is 327 g/mol. The van der Waals surface area contributed by atoms with Gasteiger partial charge in [-0.05, 0) is 48.7 Å². The number of rotatable bonds is 7. The van der Waals surface area contributed by atoms with Crippen LogP contribution < -0.4 is 10.1 Å². The quantitative estimate of drug-likeness (QED) is 0.816. The number of aliphatic carboxylic acids is 1. The van der Waals surface area contributed by atoms with Gasteiger partial charge in [0.25, 0.3) is 0 Å². The van der Waals surface area contributed by atoms with E-state index in [-0.39, 0.29) is 5.91 Å². The lowest BCUT2D eigenvalue weighted by molar-refractivity contribution is -0.138. The SMILES string of the molecule is COc1cccc(CCC(=O)Nc2cccc(C(C)C(=O)O)c2)c1. The third-order valence-corrected chi connectivity index (χ3v) is 3.82. The molecule has 2 aromatic carbocycles. The fourth-order valence-electron chi connectivity index (χ4n) is 2.34. The molecule has 1 amide bonds. The van der Waals surface area contributed by atoms with Crippen LogP contribution in [0.1, 0.15) is 30.4 Å². The molecular formula is C19H21NO4. The molecule has 0 aliphatic rings. The summed E-state index contributed by atoms with van der Waals surface area (Å²) in [6.45, 7) is 1.62. The van der Waals surface area contributed by atoms with Crippen LogP contribution in [0, 0.1) is 0 Å². The Bertz CT molecular complexity index is 727. The van der Waals surface area contributed by atoms with Crippen molar-refractivity contribution in [3.05, 3.63) is 59.7 Å². The summed E-state index contributed by atoms with van der Waals surface area (Å²) < 4.78 is 5.16. The molecule has 5 heteroatoms. The number of carbonyl (C=O) groups is 2. The van der Waals surface area contributed by atoms with Gasteiger partial charge in [-0.25, -0.2) is 0 Å². The van der Waals surface area contributed by atoms with Crippen LogP contribution in [-0.4, -0.2) is 24.1 Å². The number of hydrogen-bond acceptors (Lipinski definition) is 3. The van der Waals surface area contributed by atoms with Gasteiger partial charge in [0, 0.05) is 12.1 Å². The highest BCUT2D eigenvalue weighted by atomic mass is 16.5. The fraction of sp³-hybridized carbons (Fsp3) is 0.263. The van der Waals surface area contributed by atoms with E-state index in [0.717, 1.165) is 11.3 Å². The molecule has 0 spiro atoms. The predicted molar refractivity (Wildman–Crippen MR) is 92.4 cm³/mol. The van der Waals surface area contributed by atoms with Gasteiger partial charge in [-0.1, -0.05) is 24.3 Å². The summed E-state index contributed by atoms with van der Waals surface area (Å²) >= 11 is 0. The number of aryl methyl sites for hydroxylation is 1. The second-order valence-electron chi connectivity index (χ2n) is 5.59. The lowest BCUT2D eigenvalue weighted by Gasteiger charge is -2.10. The average Bonchev–Trinajstić information content (AvgIpc) is 2.59. The summed E-state index contributed by atoms with van der Waals surface area (Å²) in [7, 11) is 1.61. The number of carbonyl (C=O) groups excluding carboxylic acids is 1. The first-order chi connectivity index (χ1) is 11.5. The number of methoxy groups -OCH3 is 1. The van der Waals surface area contributed by atoms with E-state index in [4.69, 9.17) is 9.84 Å². The van der Waals surface area contributed by atoms with Crippen molar-refractivity contribution in [1.29, 1.82) is 0 Å². The molecule has 0 radical (unpaired) electrons. The molecule has 0 aromatic heterocycles. The molecule has 0 bridgehead atoms. The number of anilines is 1. The molecule has 126 valence electrons. The van der Waals surface area contributed by atoms with E-state index in [1.807, 2.05) is 24.3 Å². The van der Waals surface area contributed by atoms with Crippen molar-refractivity contribution in [3.8, 4) is 5.75 Å². The molecule has 5 nitrogen and oxygen atoms in total. The molecule has 0 aliphatic carbocycles. The maximum Gasteiger partial charge on any atom is 0.310 e. The Kier molecular flexibility index (Phi) is 5.95. The minimum Gasteiger partial charge on any atom is -0.497 e. The van der Waals surface area contributed by atoms with Gasteiger partial charge in [0.2, 0.25) is 5.91 Å². The number of hydrogen-bond donors (Lipinski definition) is 2. The lowest BCUT2D eigenvalue weighted by Crippen LogP contribution is -2.13. The van der Waals surface area contributed by atoms with Crippen molar-refractivity contribution in [3.63, 3.8) is 0 Å². The molecule has 0 heterocycles. The number of amides is 1. The lowest BCUT2D eigenvalue weighted by atomic mass is 10.0. The molecule has 0 saturated heterocycles. The van der Waals surface area contributed by atoms with Gasteiger partial charge < -0.3 is 15.2 Å². The number of nitrogens with one attached hydrogen (secondary N) is 1. The number of benzene rings is 2. The van der Waals surface area contributed by atoms with Crippen molar-refractivity contribution in [2.24, 2.45) is 0 Å². The number of ether oxygens (including phenoxy) is 1. The van der Waals surface area contributed by atoms with E-state index < -0.39 is 11.9 Å². The van der Waals surface area contributed by atoms with Gasteiger partial charge in [0.15, 0.2) is 0 Å². The van der Waals surface area contributed by atoms with E-state index in [2.05, 4.69) is 5.32 Å². The highest BCUT2D eigenvalue weighted by Gasteiger charge is 2.14. The Labute approximate surface area is 141 Å². The second kappa shape index (κ2) is 8.15. The highest BCUT2D eigenvalue weighted by molar-refractivity contribution is 5.91. The van der Waals surface area contributed by atoms with E-state index in [1.54, 1.807) is 38.3 Å². The zero-order chi connectivity index (χ0) is 17.5. The Morgan fingerprint density at radius 2 is 1.92 bits per heavy atom. The van der Waals surface area contributed by atoms with Crippen molar-refractivity contribution in [1.82, 2.24) is 0 Å². The van der Waals surface area contributed by atoms with Crippen LogP contribution in [0.4, 0.5) is 5.69 Å². The zero-order valence-electron chi connectivity index (χ0n) is 13.8. The molecule has 0 fully saturated rings. The van der Waals surface area contributed by atoms with Gasteiger partial charge in [0.05, 0.1) is 13.0 Å². The second-order valence-corrected chi connectivity index (χ2v) is 5.59. The van der Waals surface area contributed by atoms with Crippen LogP contribution in [0.25, 0.3) is 0 Å². The molecule has 1 unspecified atom stereocenters. The summed E-state index contributed by atoms with van der Waals surface area (Å²) in [6.07, 6.45) is 0.945. The Hall–Kier alpha value is -2.82. The standard InChI is InChI=1S/C19H21NO4/c1-13(19(22)23)15-6-4-7-16(12-15)20-18(21)10-9-14-5-3-8-17(11-14)24-2/h3-8,11-13H,9-10H2,1-2H3,(H,20,21)(H,22,23). The van der Waals surface area contributed by atoms with Crippen molar-refractivity contribution < 1.29 is 19.4 Å². The molecule has 1 atom stereocenters. The van der Waals surface area contributed by atoms with Crippen LogP contribution in [0.2, 0.25) is 0 Å². The summed E-state index contributed by atoms with van der Waals surface area (Å²) in [5, 5.41) is 11.9. The van der Waals surface area contributed by atoms with E-state index in [0.29, 0.717) is 24.1 Å². The van der Waals surface area contributed by atoms with Crippen LogP contribution in [0.15, 0.2) is 48.5 Å². The van der Waals surface area contributed by atoms with E-state index in [9.17, 15) is 9.59 Å². The van der Waals surface area contributed by atoms with Crippen molar-refractivity contribution >= 4 is 17.6 Å². The minimum atomic E-state index is -0.892. The third-order valence-electron chi connectivity index (χ3n) is 3.82. The zero-order valence-corrected chi connectivity index (χ0v) is 13.8. The molecule has 0 aliphatic heterocycles. The molecule has 2 rings (SSSR count). The van der Waals surface area contributed by atoms with Gasteiger partial charge in [-0.15, -0.1) is 0 Å². The summed E-state index contributed by atoms with van der Waals surface area (Å²) in [4.78, 5) is 23.1. The molecular weight excluding hydrogens is 306 g/mol. The molecule has 2 aromatic rings. The predicted octanol–water partition coefficient (Wildman–Crippen LogP) is 3.45. The first-order valence-electron chi connectivity index (χ1n) is 7.75. The Balaban J connectivity index is 1.94.